The molecule has 0 saturated carbocycles. The molecule has 2 rings (SSSR count). The van der Waals surface area contributed by atoms with E-state index in [9.17, 15) is 9.59 Å². The van der Waals surface area contributed by atoms with Crippen LogP contribution in [0.25, 0.3) is 0 Å². The van der Waals surface area contributed by atoms with Gasteiger partial charge in [0.1, 0.15) is 19.3 Å². The number of halogens is 7. The van der Waals surface area contributed by atoms with Crippen LogP contribution in [0.4, 0.5) is 9.59 Å². The van der Waals surface area contributed by atoms with Crippen molar-refractivity contribution >= 4 is 97.8 Å². The molecule has 1 aromatic rings. The van der Waals surface area contributed by atoms with Crippen molar-refractivity contribution in [1.29, 1.82) is 0 Å². The maximum atomic E-state index is 12.3. The number of carbonyl (C=O) groups is 2. The molecule has 13 heteroatoms. The lowest BCUT2D eigenvalue weighted by atomic mass is 9.87. The van der Waals surface area contributed by atoms with Gasteiger partial charge in [-0.1, -0.05) is 97.7 Å². The fraction of sp³-hybridized carbons (Fsp3) is 0.529. The minimum atomic E-state index is -1.77. The number of likely N-dealkylation sites (tertiary alicyclic amines) is 1. The zero-order valence-corrected chi connectivity index (χ0v) is 21.3. The summed E-state index contributed by atoms with van der Waals surface area (Å²) in [5.41, 5.74) is 0.923. The minimum absolute atomic E-state index is 0.0439. The van der Waals surface area contributed by atoms with E-state index in [1.807, 2.05) is 24.3 Å². The van der Waals surface area contributed by atoms with Crippen molar-refractivity contribution in [3.8, 4) is 0 Å². The Kier molecular flexibility index (Phi) is 9.81. The topological polar surface area (TPSA) is 65.1 Å². The van der Waals surface area contributed by atoms with Crippen LogP contribution in [-0.4, -0.2) is 57.1 Å². The van der Waals surface area contributed by atoms with Crippen LogP contribution in [0.5, 0.6) is 0 Å². The highest BCUT2D eigenvalue weighted by Crippen LogP contribution is 2.33. The van der Waals surface area contributed by atoms with Crippen molar-refractivity contribution in [2.24, 2.45) is 0 Å². The summed E-state index contributed by atoms with van der Waals surface area (Å²) in [7, 11) is 0. The van der Waals surface area contributed by atoms with Gasteiger partial charge < -0.3 is 19.1 Å². The van der Waals surface area contributed by atoms with Crippen molar-refractivity contribution in [2.75, 3.05) is 26.3 Å². The van der Waals surface area contributed by atoms with Gasteiger partial charge in [-0.3, -0.25) is 0 Å². The van der Waals surface area contributed by atoms with Gasteiger partial charge in [0.05, 0.1) is 6.54 Å². The Morgan fingerprint density at radius 1 is 1.00 bits per heavy atom. The lowest BCUT2D eigenvalue weighted by Crippen LogP contribution is -2.48. The number of alkyl halides is 6. The Hall–Kier alpha value is -0.0200. The quantitative estimate of drug-likeness (QED) is 0.284. The standard InChI is InChI=1S/C17H16BrCl6NO5/c18-11-3-1-10(2-4-11)12-5-6-25(14(26)28-8-16(19,20)21)7-13(12)30-15(27)29-9-17(22,23)24/h1-4,12-13H,5-9H2. The molecule has 0 N–H and O–H groups in total. The predicted molar refractivity (Wildman–Crippen MR) is 121 cm³/mol. The van der Waals surface area contributed by atoms with Crippen LogP contribution in [-0.2, 0) is 14.2 Å². The van der Waals surface area contributed by atoms with E-state index in [1.54, 1.807) is 0 Å². The first kappa shape index (κ1) is 26.2. The van der Waals surface area contributed by atoms with Crippen LogP contribution in [0, 0.1) is 0 Å². The van der Waals surface area contributed by atoms with E-state index in [0.29, 0.717) is 13.0 Å². The molecule has 0 bridgehead atoms. The number of benzene rings is 1. The monoisotopic (exact) mass is 603 g/mol. The molecule has 1 amide bonds. The molecule has 1 aliphatic rings. The average Bonchev–Trinajstić information content (AvgIpc) is 2.64. The first-order chi connectivity index (χ1) is 13.8. The largest absolute Gasteiger partial charge is 0.508 e. The van der Waals surface area contributed by atoms with E-state index in [1.165, 1.54) is 4.90 Å². The Balaban J connectivity index is 2.09. The maximum Gasteiger partial charge on any atom is 0.508 e. The van der Waals surface area contributed by atoms with Crippen LogP contribution in [0.15, 0.2) is 28.7 Å². The van der Waals surface area contributed by atoms with E-state index in [0.717, 1.165) is 10.0 Å². The molecular formula is C17H16BrCl6NO5. The maximum absolute atomic E-state index is 12.3. The Labute approximate surface area is 212 Å². The molecule has 6 nitrogen and oxygen atoms in total. The summed E-state index contributed by atoms with van der Waals surface area (Å²) in [6.45, 7) is -0.508. The van der Waals surface area contributed by atoms with Gasteiger partial charge in [0.15, 0.2) is 0 Å². The van der Waals surface area contributed by atoms with Gasteiger partial charge in [0, 0.05) is 16.9 Å². The van der Waals surface area contributed by atoms with E-state index in [-0.39, 0.29) is 12.5 Å². The third-order valence-corrected chi connectivity index (χ3v) is 5.26. The SMILES string of the molecule is O=C(OCC(Cl)(Cl)Cl)OC1CN(C(=O)OCC(Cl)(Cl)Cl)CCC1c1ccc(Br)cc1. The fourth-order valence-corrected chi connectivity index (χ4v) is 3.42. The fourth-order valence-electron chi connectivity index (χ4n) is 2.83. The Bertz CT molecular complexity index is 740. The molecular weight excluding hydrogens is 591 g/mol. The lowest BCUT2D eigenvalue weighted by molar-refractivity contribution is -0.0149. The second-order valence-corrected chi connectivity index (χ2v) is 12.3. The van der Waals surface area contributed by atoms with Gasteiger partial charge in [-0.05, 0) is 24.1 Å². The first-order valence-electron chi connectivity index (χ1n) is 8.48. The highest BCUT2D eigenvalue weighted by atomic mass is 79.9. The zero-order valence-electron chi connectivity index (χ0n) is 15.1. The zero-order chi connectivity index (χ0) is 22.5. The van der Waals surface area contributed by atoms with Crippen LogP contribution in [0.1, 0.15) is 17.9 Å². The smallest absolute Gasteiger partial charge is 0.445 e. The second-order valence-electron chi connectivity index (χ2n) is 6.37. The molecule has 168 valence electrons. The molecule has 0 aliphatic carbocycles. The molecule has 1 fully saturated rings. The predicted octanol–water partition coefficient (Wildman–Crippen LogP) is 6.64. The number of amides is 1. The summed E-state index contributed by atoms with van der Waals surface area (Å²) >= 11 is 37.0. The van der Waals surface area contributed by atoms with Gasteiger partial charge in [-0.25, -0.2) is 9.59 Å². The number of piperidine rings is 1. The number of hydrogen-bond acceptors (Lipinski definition) is 5. The molecule has 2 atom stereocenters. The number of ether oxygens (including phenoxy) is 3. The van der Waals surface area contributed by atoms with E-state index in [4.69, 9.17) is 83.8 Å². The van der Waals surface area contributed by atoms with E-state index < -0.39 is 39.2 Å². The lowest BCUT2D eigenvalue weighted by Gasteiger charge is -2.37. The molecule has 1 aliphatic heterocycles. The molecule has 2 unspecified atom stereocenters. The van der Waals surface area contributed by atoms with E-state index >= 15 is 0 Å². The van der Waals surface area contributed by atoms with Crippen LogP contribution in [0.2, 0.25) is 0 Å². The number of nitrogens with zero attached hydrogens (tertiary/aromatic N) is 1. The van der Waals surface area contributed by atoms with Gasteiger partial charge in [-0.15, -0.1) is 0 Å². The van der Waals surface area contributed by atoms with Crippen LogP contribution < -0.4 is 0 Å². The van der Waals surface area contributed by atoms with Gasteiger partial charge in [0.2, 0.25) is 7.59 Å². The van der Waals surface area contributed by atoms with Gasteiger partial charge >= 0.3 is 12.2 Å². The van der Waals surface area contributed by atoms with Gasteiger partial charge in [-0.2, -0.15) is 0 Å². The number of rotatable bonds is 4. The summed E-state index contributed by atoms with van der Waals surface area (Å²) in [4.78, 5) is 25.8. The highest BCUT2D eigenvalue weighted by Gasteiger charge is 2.37. The number of hydrogen-bond donors (Lipinski definition) is 0. The molecule has 1 heterocycles. The van der Waals surface area contributed by atoms with Crippen LogP contribution in [0.3, 0.4) is 0 Å². The summed E-state index contributed by atoms with van der Waals surface area (Å²) in [5.74, 6) is -0.198. The van der Waals surface area contributed by atoms with Crippen molar-refractivity contribution in [1.82, 2.24) is 4.90 Å². The Morgan fingerprint density at radius 3 is 2.13 bits per heavy atom. The van der Waals surface area contributed by atoms with E-state index in [2.05, 4.69) is 15.9 Å². The van der Waals surface area contributed by atoms with Crippen molar-refractivity contribution in [2.45, 2.75) is 26.0 Å². The van der Waals surface area contributed by atoms with Crippen molar-refractivity contribution in [3.05, 3.63) is 34.3 Å². The molecule has 0 radical (unpaired) electrons. The third-order valence-electron chi connectivity index (χ3n) is 4.08. The number of carbonyl (C=O) groups excluding carboxylic acids is 2. The minimum Gasteiger partial charge on any atom is -0.445 e. The molecule has 1 aromatic carbocycles. The highest BCUT2D eigenvalue weighted by molar-refractivity contribution is 9.10. The van der Waals surface area contributed by atoms with Gasteiger partial charge in [0.25, 0.3) is 0 Å². The molecule has 1 saturated heterocycles. The van der Waals surface area contributed by atoms with Crippen LogP contribution >= 0.6 is 85.5 Å². The van der Waals surface area contributed by atoms with Crippen molar-refractivity contribution in [3.63, 3.8) is 0 Å². The average molecular weight is 607 g/mol. The first-order valence-corrected chi connectivity index (χ1v) is 11.5. The summed E-state index contributed by atoms with van der Waals surface area (Å²) in [6, 6.07) is 7.54. The summed E-state index contributed by atoms with van der Waals surface area (Å²) in [5, 5.41) is 0. The normalized spacial score (nSPS) is 19.9. The Morgan fingerprint density at radius 2 is 1.57 bits per heavy atom. The third kappa shape index (κ3) is 9.23. The molecule has 0 aromatic heterocycles. The molecule has 30 heavy (non-hydrogen) atoms. The van der Waals surface area contributed by atoms with Crippen molar-refractivity contribution < 1.29 is 23.8 Å². The summed E-state index contributed by atoms with van der Waals surface area (Å²) < 4.78 is 12.7. The molecule has 0 spiro atoms. The summed E-state index contributed by atoms with van der Waals surface area (Å²) in [6.07, 6.45) is -1.96. The second kappa shape index (κ2) is 11.2.